The molecule has 6 heteroatoms. The van der Waals surface area contributed by atoms with Crippen LogP contribution >= 0.6 is 11.6 Å². The Bertz CT molecular complexity index is 1370. The van der Waals surface area contributed by atoms with Crippen LogP contribution in [0.4, 0.5) is 0 Å². The normalized spacial score (nSPS) is 11.8. The molecular weight excluding hydrogens is 496 g/mol. The smallest absolute Gasteiger partial charge is 0.261 e. The van der Waals surface area contributed by atoms with Gasteiger partial charge in [-0.05, 0) is 40.6 Å². The van der Waals surface area contributed by atoms with E-state index < -0.39 is 6.04 Å². The Morgan fingerprint density at radius 2 is 1.55 bits per heavy atom. The molecule has 0 saturated heterocycles. The number of rotatable bonds is 11. The minimum atomic E-state index is -0.723. The molecule has 4 aromatic carbocycles. The molecule has 0 saturated carbocycles. The first kappa shape index (κ1) is 27.2. The largest absolute Gasteiger partial charge is 0.483 e. The Labute approximate surface area is 229 Å². The van der Waals surface area contributed by atoms with E-state index in [0.29, 0.717) is 23.7 Å². The lowest BCUT2D eigenvalue weighted by Crippen LogP contribution is -2.52. The average Bonchev–Trinajstić information content (AvgIpc) is 2.93. The van der Waals surface area contributed by atoms with Crippen molar-refractivity contribution in [3.05, 3.63) is 113 Å². The van der Waals surface area contributed by atoms with Gasteiger partial charge in [-0.2, -0.15) is 0 Å². The third kappa shape index (κ3) is 7.36. The van der Waals surface area contributed by atoms with Gasteiger partial charge in [0.05, 0.1) is 0 Å². The van der Waals surface area contributed by atoms with Gasteiger partial charge >= 0.3 is 0 Å². The molecule has 5 nitrogen and oxygen atoms in total. The van der Waals surface area contributed by atoms with Gasteiger partial charge in [0.2, 0.25) is 5.91 Å². The fourth-order valence-electron chi connectivity index (χ4n) is 4.35. The number of benzene rings is 4. The number of fused-ring (bicyclic) bond motifs is 1. The Kier molecular flexibility index (Phi) is 9.39. The number of halogens is 1. The van der Waals surface area contributed by atoms with E-state index in [1.54, 1.807) is 11.0 Å². The highest BCUT2D eigenvalue weighted by molar-refractivity contribution is 6.30. The molecule has 1 atom stereocenters. The summed E-state index contributed by atoms with van der Waals surface area (Å²) < 4.78 is 6.05. The van der Waals surface area contributed by atoms with Crippen molar-refractivity contribution in [3.63, 3.8) is 0 Å². The summed E-state index contributed by atoms with van der Waals surface area (Å²) in [5, 5.41) is 5.57. The lowest BCUT2D eigenvalue weighted by Gasteiger charge is -2.32. The standard InChI is InChI=1S/C32H33ClN2O3/c1-23(2)20-34-32(37)29(19-24-10-4-3-5-11-24)35(21-25-12-8-15-27(33)18-25)31(36)22-38-30-17-9-14-26-13-6-7-16-28(26)30/h3-18,23,29H,19-22H2,1-2H3,(H,34,37)/t29-/m0/s1. The van der Waals surface area contributed by atoms with Gasteiger partial charge in [0.1, 0.15) is 11.8 Å². The second kappa shape index (κ2) is 13.1. The summed E-state index contributed by atoms with van der Waals surface area (Å²) in [6, 6.07) is 30.0. The molecule has 2 amide bonds. The van der Waals surface area contributed by atoms with Crippen molar-refractivity contribution in [2.24, 2.45) is 5.92 Å². The third-order valence-electron chi connectivity index (χ3n) is 6.30. The molecule has 0 aromatic heterocycles. The molecule has 0 aliphatic rings. The lowest BCUT2D eigenvalue weighted by molar-refractivity contribution is -0.142. The van der Waals surface area contributed by atoms with Crippen molar-refractivity contribution in [3.8, 4) is 5.75 Å². The molecule has 0 aliphatic carbocycles. The van der Waals surface area contributed by atoms with E-state index >= 15 is 0 Å². The first-order chi connectivity index (χ1) is 18.4. The number of nitrogens with zero attached hydrogens (tertiary/aromatic N) is 1. The molecule has 0 fully saturated rings. The monoisotopic (exact) mass is 528 g/mol. The van der Waals surface area contributed by atoms with Gasteiger partial charge in [-0.25, -0.2) is 0 Å². The van der Waals surface area contributed by atoms with Crippen LogP contribution in [0.25, 0.3) is 10.8 Å². The molecule has 4 rings (SSSR count). The molecule has 38 heavy (non-hydrogen) atoms. The fraction of sp³-hybridized carbons (Fsp3) is 0.250. The number of hydrogen-bond acceptors (Lipinski definition) is 3. The van der Waals surface area contributed by atoms with Crippen molar-refractivity contribution < 1.29 is 14.3 Å². The number of hydrogen-bond donors (Lipinski definition) is 1. The molecule has 0 unspecified atom stereocenters. The molecule has 0 bridgehead atoms. The highest BCUT2D eigenvalue weighted by Gasteiger charge is 2.31. The lowest BCUT2D eigenvalue weighted by atomic mass is 10.0. The summed E-state index contributed by atoms with van der Waals surface area (Å²) in [7, 11) is 0. The Balaban J connectivity index is 1.64. The minimum absolute atomic E-state index is 0.192. The number of carbonyl (C=O) groups excluding carboxylic acids is 2. The van der Waals surface area contributed by atoms with Gasteiger partial charge in [-0.3, -0.25) is 9.59 Å². The number of carbonyl (C=O) groups is 2. The van der Waals surface area contributed by atoms with Crippen LogP contribution in [0.2, 0.25) is 5.02 Å². The Hall–Kier alpha value is -3.83. The predicted octanol–water partition coefficient (Wildman–Crippen LogP) is 6.28. The summed E-state index contributed by atoms with van der Waals surface area (Å²) in [5.41, 5.74) is 1.81. The van der Waals surface area contributed by atoms with Crippen LogP contribution in [-0.2, 0) is 22.6 Å². The number of amides is 2. The third-order valence-corrected chi connectivity index (χ3v) is 6.53. The maximum atomic E-state index is 13.8. The molecule has 0 spiro atoms. The van der Waals surface area contributed by atoms with Gasteiger partial charge in [0.15, 0.2) is 6.61 Å². The van der Waals surface area contributed by atoms with Crippen LogP contribution < -0.4 is 10.1 Å². The summed E-state index contributed by atoms with van der Waals surface area (Å²) >= 11 is 6.25. The zero-order valence-electron chi connectivity index (χ0n) is 21.8. The van der Waals surface area contributed by atoms with Gasteiger partial charge in [-0.15, -0.1) is 0 Å². The summed E-state index contributed by atoms with van der Waals surface area (Å²) in [6.07, 6.45) is 0.380. The highest BCUT2D eigenvalue weighted by Crippen LogP contribution is 2.25. The number of nitrogens with one attached hydrogen (secondary N) is 1. The van der Waals surface area contributed by atoms with Crippen LogP contribution in [-0.4, -0.2) is 35.9 Å². The van der Waals surface area contributed by atoms with Crippen molar-refractivity contribution in [2.45, 2.75) is 32.9 Å². The number of ether oxygens (including phenoxy) is 1. The van der Waals surface area contributed by atoms with Gasteiger partial charge < -0.3 is 15.0 Å². The van der Waals surface area contributed by atoms with Gasteiger partial charge in [0, 0.05) is 29.9 Å². The molecule has 0 radical (unpaired) electrons. The predicted molar refractivity (Wildman–Crippen MR) is 153 cm³/mol. The average molecular weight is 529 g/mol. The molecule has 4 aromatic rings. The second-order valence-electron chi connectivity index (χ2n) is 9.76. The molecule has 0 heterocycles. The molecule has 196 valence electrons. The van der Waals surface area contributed by atoms with Crippen molar-refractivity contribution in [1.82, 2.24) is 10.2 Å². The van der Waals surface area contributed by atoms with Crippen LogP contribution in [0.3, 0.4) is 0 Å². The maximum Gasteiger partial charge on any atom is 0.261 e. The second-order valence-corrected chi connectivity index (χ2v) is 10.2. The van der Waals surface area contributed by atoms with Crippen LogP contribution in [0, 0.1) is 5.92 Å². The van der Waals surface area contributed by atoms with Crippen LogP contribution in [0.1, 0.15) is 25.0 Å². The fourth-order valence-corrected chi connectivity index (χ4v) is 4.57. The van der Waals surface area contributed by atoms with E-state index in [9.17, 15) is 9.59 Å². The SMILES string of the molecule is CC(C)CNC(=O)[C@H](Cc1ccccc1)N(Cc1cccc(Cl)c1)C(=O)COc1cccc2ccccc12. The first-order valence-electron chi connectivity index (χ1n) is 12.9. The van der Waals surface area contributed by atoms with E-state index in [1.165, 1.54) is 0 Å². The van der Waals surface area contributed by atoms with E-state index in [2.05, 4.69) is 5.32 Å². The molecular formula is C32H33ClN2O3. The highest BCUT2D eigenvalue weighted by atomic mass is 35.5. The zero-order valence-corrected chi connectivity index (χ0v) is 22.5. The van der Waals surface area contributed by atoms with Crippen molar-refractivity contribution in [1.29, 1.82) is 0 Å². The molecule has 1 N–H and O–H groups in total. The van der Waals surface area contributed by atoms with E-state index in [1.807, 2.05) is 105 Å². The topological polar surface area (TPSA) is 58.6 Å². The summed E-state index contributed by atoms with van der Waals surface area (Å²) in [4.78, 5) is 28.9. The van der Waals surface area contributed by atoms with Crippen LogP contribution in [0.15, 0.2) is 97.1 Å². The Morgan fingerprint density at radius 3 is 2.32 bits per heavy atom. The van der Waals surface area contributed by atoms with Crippen molar-refractivity contribution >= 4 is 34.2 Å². The van der Waals surface area contributed by atoms with E-state index in [4.69, 9.17) is 16.3 Å². The first-order valence-corrected chi connectivity index (χ1v) is 13.2. The van der Waals surface area contributed by atoms with Gasteiger partial charge in [0.25, 0.3) is 5.91 Å². The van der Waals surface area contributed by atoms with E-state index in [0.717, 1.165) is 21.9 Å². The maximum absolute atomic E-state index is 13.8. The minimum Gasteiger partial charge on any atom is -0.483 e. The van der Waals surface area contributed by atoms with Crippen LogP contribution in [0.5, 0.6) is 5.75 Å². The zero-order chi connectivity index (χ0) is 26.9. The van der Waals surface area contributed by atoms with Gasteiger partial charge in [-0.1, -0.05) is 104 Å². The quantitative estimate of drug-likeness (QED) is 0.249. The summed E-state index contributed by atoms with van der Waals surface area (Å²) in [6.45, 7) is 4.64. The van der Waals surface area contributed by atoms with E-state index in [-0.39, 0.29) is 30.9 Å². The van der Waals surface area contributed by atoms with Crippen molar-refractivity contribution in [2.75, 3.05) is 13.2 Å². The Morgan fingerprint density at radius 1 is 0.868 bits per heavy atom. The molecule has 0 aliphatic heterocycles. The summed E-state index contributed by atoms with van der Waals surface area (Å²) in [5.74, 6) is 0.438.